The summed E-state index contributed by atoms with van der Waals surface area (Å²) >= 11 is 0. The zero-order chi connectivity index (χ0) is 6.69. The van der Waals surface area contributed by atoms with Crippen molar-refractivity contribution in [3.8, 4) is 0 Å². The smallest absolute Gasteiger partial charge is 0.0809 e. The van der Waals surface area contributed by atoms with E-state index in [0.29, 0.717) is 0 Å². The van der Waals surface area contributed by atoms with Gasteiger partial charge in [-0.2, -0.15) is 0 Å². The molecule has 0 heterocycles. The van der Waals surface area contributed by atoms with Crippen LogP contribution in [0.15, 0.2) is 16.9 Å². The van der Waals surface area contributed by atoms with Crippen molar-refractivity contribution in [2.24, 2.45) is 11.1 Å². The Labute approximate surface area is 54.9 Å². The highest BCUT2D eigenvalue weighted by Gasteiger charge is 2.09. The maximum Gasteiger partial charge on any atom is 0.0809 e. The summed E-state index contributed by atoms with van der Waals surface area (Å²) < 4.78 is 0. The summed E-state index contributed by atoms with van der Waals surface area (Å²) in [5.74, 6) is 0.746. The molecule has 1 unspecified atom stereocenters. The molecule has 0 aliphatic heterocycles. The van der Waals surface area contributed by atoms with Crippen molar-refractivity contribution in [1.82, 2.24) is 0 Å². The summed E-state index contributed by atoms with van der Waals surface area (Å²) in [5.41, 5.74) is 0.744. The minimum atomic E-state index is 0.744. The molecule has 50 valence electrons. The molecule has 1 rings (SSSR count). The first-order chi connectivity index (χ1) is 4.33. The van der Waals surface area contributed by atoms with Crippen molar-refractivity contribution in [2.45, 2.75) is 26.2 Å². The molecule has 1 aliphatic rings. The molecular formula is C7H11NO. The van der Waals surface area contributed by atoms with Crippen LogP contribution in [0.3, 0.4) is 0 Å². The zero-order valence-electron chi connectivity index (χ0n) is 5.63. The summed E-state index contributed by atoms with van der Waals surface area (Å²) in [7, 11) is 0. The van der Waals surface area contributed by atoms with Gasteiger partial charge in [0.1, 0.15) is 0 Å². The predicted molar refractivity (Wildman–Crippen MR) is 36.9 cm³/mol. The maximum atomic E-state index is 9.95. The lowest BCUT2D eigenvalue weighted by molar-refractivity contribution is 0.512. The van der Waals surface area contributed by atoms with Crippen LogP contribution in [0.2, 0.25) is 0 Å². The standard InChI is InChI=1S/C7H11NO/c1-6-2-4-7(8-9)5-3-6/h4,6H,2-3,5H2,1H3. The topological polar surface area (TPSA) is 29.4 Å². The monoisotopic (exact) mass is 125 g/mol. The molecule has 9 heavy (non-hydrogen) atoms. The van der Waals surface area contributed by atoms with Gasteiger partial charge in [-0.05, 0) is 30.4 Å². The quantitative estimate of drug-likeness (QED) is 0.495. The average Bonchev–Trinajstić information content (AvgIpc) is 1.90. The van der Waals surface area contributed by atoms with Crippen LogP contribution in [-0.2, 0) is 0 Å². The normalized spacial score (nSPS) is 27.2. The summed E-state index contributed by atoms with van der Waals surface area (Å²) in [6.45, 7) is 2.19. The molecule has 0 saturated heterocycles. The molecule has 0 aromatic heterocycles. The molecule has 0 amide bonds. The lowest BCUT2D eigenvalue weighted by Gasteiger charge is -2.12. The molecular weight excluding hydrogens is 114 g/mol. The second-order valence-electron chi connectivity index (χ2n) is 2.67. The molecule has 1 atom stereocenters. The van der Waals surface area contributed by atoms with Crippen LogP contribution in [0.4, 0.5) is 0 Å². The molecule has 0 aromatic carbocycles. The second kappa shape index (κ2) is 2.76. The Morgan fingerprint density at radius 2 is 2.56 bits per heavy atom. The van der Waals surface area contributed by atoms with Crippen molar-refractivity contribution in [1.29, 1.82) is 0 Å². The summed E-state index contributed by atoms with van der Waals surface area (Å²) in [5, 5.41) is 2.89. The highest BCUT2D eigenvalue weighted by atomic mass is 16.3. The van der Waals surface area contributed by atoms with Gasteiger partial charge in [-0.15, -0.1) is 4.91 Å². The van der Waals surface area contributed by atoms with E-state index >= 15 is 0 Å². The second-order valence-corrected chi connectivity index (χ2v) is 2.67. The molecule has 0 bridgehead atoms. The number of allylic oxidation sites excluding steroid dienone is 2. The van der Waals surface area contributed by atoms with Crippen LogP contribution >= 0.6 is 0 Å². The van der Waals surface area contributed by atoms with Crippen LogP contribution in [0.25, 0.3) is 0 Å². The molecule has 0 N–H and O–H groups in total. The summed E-state index contributed by atoms with van der Waals surface area (Å²) in [6, 6.07) is 0. The first kappa shape index (κ1) is 6.46. The van der Waals surface area contributed by atoms with Gasteiger partial charge in [-0.1, -0.05) is 13.0 Å². The van der Waals surface area contributed by atoms with Gasteiger partial charge >= 0.3 is 0 Å². The van der Waals surface area contributed by atoms with E-state index in [1.165, 1.54) is 0 Å². The average molecular weight is 125 g/mol. The number of nitroso groups, excluding NO2 is 1. The number of hydrogen-bond donors (Lipinski definition) is 0. The van der Waals surface area contributed by atoms with Crippen LogP contribution in [-0.4, -0.2) is 0 Å². The first-order valence-electron chi connectivity index (χ1n) is 3.35. The Hall–Kier alpha value is -0.660. The Morgan fingerprint density at radius 3 is 3.00 bits per heavy atom. The highest BCUT2D eigenvalue weighted by molar-refractivity contribution is 5.03. The fraction of sp³-hybridized carbons (Fsp3) is 0.714. The van der Waals surface area contributed by atoms with E-state index < -0.39 is 0 Å². The minimum Gasteiger partial charge on any atom is -0.145 e. The maximum absolute atomic E-state index is 9.95. The SMILES string of the molecule is CC1CC=C(N=O)CC1. The Balaban J connectivity index is 2.49. The molecule has 0 radical (unpaired) electrons. The number of nitrogens with zero attached hydrogens (tertiary/aromatic N) is 1. The van der Waals surface area contributed by atoms with Gasteiger partial charge < -0.3 is 0 Å². The van der Waals surface area contributed by atoms with Crippen molar-refractivity contribution >= 4 is 0 Å². The summed E-state index contributed by atoms with van der Waals surface area (Å²) in [4.78, 5) is 9.95. The molecule has 0 aromatic rings. The van der Waals surface area contributed by atoms with Crippen LogP contribution in [0, 0.1) is 10.8 Å². The fourth-order valence-corrected chi connectivity index (χ4v) is 1.03. The molecule has 2 nitrogen and oxygen atoms in total. The lowest BCUT2D eigenvalue weighted by atomic mass is 9.95. The van der Waals surface area contributed by atoms with E-state index in [4.69, 9.17) is 0 Å². The van der Waals surface area contributed by atoms with Crippen molar-refractivity contribution in [3.05, 3.63) is 16.7 Å². The van der Waals surface area contributed by atoms with Gasteiger partial charge in [0, 0.05) is 0 Å². The van der Waals surface area contributed by atoms with Crippen LogP contribution in [0.5, 0.6) is 0 Å². The minimum absolute atomic E-state index is 0.744. The van der Waals surface area contributed by atoms with E-state index in [1.54, 1.807) is 0 Å². The number of rotatable bonds is 1. The van der Waals surface area contributed by atoms with Gasteiger partial charge in [-0.3, -0.25) is 0 Å². The largest absolute Gasteiger partial charge is 0.145 e. The van der Waals surface area contributed by atoms with Gasteiger partial charge in [0.2, 0.25) is 0 Å². The number of hydrogen-bond acceptors (Lipinski definition) is 2. The third-order valence-electron chi connectivity index (χ3n) is 1.77. The van der Waals surface area contributed by atoms with E-state index in [9.17, 15) is 4.91 Å². The van der Waals surface area contributed by atoms with Gasteiger partial charge in [0.15, 0.2) is 0 Å². The third-order valence-corrected chi connectivity index (χ3v) is 1.77. The Kier molecular flexibility index (Phi) is 1.98. The van der Waals surface area contributed by atoms with Gasteiger partial charge in [0.05, 0.1) is 5.70 Å². The Bertz CT molecular complexity index is 140. The highest BCUT2D eigenvalue weighted by Crippen LogP contribution is 2.22. The van der Waals surface area contributed by atoms with E-state index in [1.807, 2.05) is 6.08 Å². The van der Waals surface area contributed by atoms with Gasteiger partial charge in [0.25, 0.3) is 0 Å². The van der Waals surface area contributed by atoms with Crippen molar-refractivity contribution in [3.63, 3.8) is 0 Å². The first-order valence-corrected chi connectivity index (χ1v) is 3.35. The van der Waals surface area contributed by atoms with E-state index in [-0.39, 0.29) is 0 Å². The molecule has 2 heteroatoms. The van der Waals surface area contributed by atoms with Gasteiger partial charge in [-0.25, -0.2) is 0 Å². The van der Waals surface area contributed by atoms with Crippen molar-refractivity contribution in [2.75, 3.05) is 0 Å². The lowest BCUT2D eigenvalue weighted by Crippen LogP contribution is -1.99. The third kappa shape index (κ3) is 1.63. The predicted octanol–water partition coefficient (Wildman–Crippen LogP) is 2.46. The van der Waals surface area contributed by atoms with E-state index in [0.717, 1.165) is 30.9 Å². The summed E-state index contributed by atoms with van der Waals surface area (Å²) in [6.07, 6.45) is 4.98. The molecule has 0 spiro atoms. The van der Waals surface area contributed by atoms with E-state index in [2.05, 4.69) is 12.1 Å². The fourth-order valence-electron chi connectivity index (χ4n) is 1.03. The molecule has 0 saturated carbocycles. The van der Waals surface area contributed by atoms with Crippen molar-refractivity contribution < 1.29 is 0 Å². The zero-order valence-corrected chi connectivity index (χ0v) is 5.63. The molecule has 0 fully saturated rings. The van der Waals surface area contributed by atoms with Crippen LogP contribution in [0.1, 0.15) is 26.2 Å². The van der Waals surface area contributed by atoms with Crippen LogP contribution < -0.4 is 0 Å². The molecule has 1 aliphatic carbocycles. The Morgan fingerprint density at radius 1 is 1.78 bits per heavy atom.